The highest BCUT2D eigenvalue weighted by Crippen LogP contribution is 2.20. The molecular formula is C24H18FN5O3. The van der Waals surface area contributed by atoms with Crippen LogP contribution in [0, 0.1) is 5.82 Å². The maximum Gasteiger partial charge on any atom is 0.272 e. The molecule has 4 aromatic rings. The summed E-state index contributed by atoms with van der Waals surface area (Å²) >= 11 is 0. The van der Waals surface area contributed by atoms with Gasteiger partial charge in [-0.15, -0.1) is 0 Å². The van der Waals surface area contributed by atoms with E-state index in [1.54, 1.807) is 54.6 Å². The Bertz CT molecular complexity index is 1380. The molecule has 0 unspecified atom stereocenters. The number of aromatic amines is 1. The second-order valence-corrected chi connectivity index (χ2v) is 7.04. The molecule has 0 spiro atoms. The van der Waals surface area contributed by atoms with Gasteiger partial charge in [0.15, 0.2) is 6.04 Å². The molecule has 3 N–H and O–H groups in total. The number of H-pyrrole nitrogens is 1. The quantitative estimate of drug-likeness (QED) is 0.314. The lowest BCUT2D eigenvalue weighted by atomic mass is 10.0. The van der Waals surface area contributed by atoms with Gasteiger partial charge in [0.05, 0.1) is 11.6 Å². The first-order valence-corrected chi connectivity index (χ1v) is 9.94. The molecule has 3 aromatic carbocycles. The summed E-state index contributed by atoms with van der Waals surface area (Å²) in [6, 6.07) is 19.3. The minimum atomic E-state index is -1.26. The third kappa shape index (κ3) is 4.99. The predicted molar refractivity (Wildman–Crippen MR) is 121 cm³/mol. The van der Waals surface area contributed by atoms with E-state index >= 15 is 0 Å². The van der Waals surface area contributed by atoms with Crippen molar-refractivity contribution in [3.05, 3.63) is 112 Å². The molecule has 9 heteroatoms. The average Bonchev–Trinajstić information content (AvgIpc) is 2.85. The summed E-state index contributed by atoms with van der Waals surface area (Å²) in [4.78, 5) is 38.0. The summed E-state index contributed by atoms with van der Waals surface area (Å²) in [5.41, 5.74) is 3.02. The van der Waals surface area contributed by atoms with E-state index in [1.165, 1.54) is 30.5 Å². The van der Waals surface area contributed by atoms with Gasteiger partial charge in [0.1, 0.15) is 11.5 Å². The Morgan fingerprint density at radius 2 is 1.61 bits per heavy atom. The zero-order valence-electron chi connectivity index (χ0n) is 17.2. The van der Waals surface area contributed by atoms with Gasteiger partial charge in [-0.1, -0.05) is 48.5 Å². The van der Waals surface area contributed by atoms with E-state index in [0.29, 0.717) is 21.9 Å². The summed E-state index contributed by atoms with van der Waals surface area (Å²) in [6.45, 7) is 0. The third-order valence-electron chi connectivity index (χ3n) is 4.83. The molecule has 2 amide bonds. The number of fused-ring (bicyclic) bond motifs is 1. The van der Waals surface area contributed by atoms with E-state index in [9.17, 15) is 18.8 Å². The molecule has 0 bridgehead atoms. The van der Waals surface area contributed by atoms with Gasteiger partial charge in [0, 0.05) is 10.9 Å². The first-order valence-electron chi connectivity index (χ1n) is 9.94. The number of benzene rings is 3. The zero-order chi connectivity index (χ0) is 23.2. The molecule has 0 aliphatic rings. The summed E-state index contributed by atoms with van der Waals surface area (Å²) in [7, 11) is 0. The van der Waals surface area contributed by atoms with Crippen LogP contribution in [0.1, 0.15) is 27.7 Å². The first-order chi connectivity index (χ1) is 16.0. The maximum atomic E-state index is 13.1. The van der Waals surface area contributed by atoms with E-state index in [1.807, 2.05) is 0 Å². The Labute approximate surface area is 187 Å². The fourth-order valence-corrected chi connectivity index (χ4v) is 3.20. The Hall–Kier alpha value is -4.66. The van der Waals surface area contributed by atoms with Crippen LogP contribution in [-0.4, -0.2) is 28.2 Å². The molecule has 164 valence electrons. The van der Waals surface area contributed by atoms with Gasteiger partial charge in [0.2, 0.25) is 0 Å². The van der Waals surface area contributed by atoms with E-state index in [4.69, 9.17) is 0 Å². The van der Waals surface area contributed by atoms with Crippen LogP contribution < -0.4 is 16.3 Å². The largest absolute Gasteiger partial charge is 0.335 e. The minimum absolute atomic E-state index is 0.156. The topological polar surface area (TPSA) is 116 Å². The van der Waals surface area contributed by atoms with Crippen molar-refractivity contribution in [2.75, 3.05) is 0 Å². The zero-order valence-corrected chi connectivity index (χ0v) is 17.2. The van der Waals surface area contributed by atoms with Gasteiger partial charge in [-0.25, -0.2) is 14.9 Å². The molecule has 0 radical (unpaired) electrons. The SMILES string of the molecule is O=C(N[C@@H](C(=O)N/N=C/c1ccc(F)cc1)c1n[nH]c(=O)c2ccccc12)c1ccccc1. The Morgan fingerprint density at radius 3 is 2.33 bits per heavy atom. The molecule has 1 atom stereocenters. The van der Waals surface area contributed by atoms with Crippen LogP contribution in [0.15, 0.2) is 88.8 Å². The Morgan fingerprint density at radius 1 is 0.939 bits per heavy atom. The lowest BCUT2D eigenvalue weighted by molar-refractivity contribution is -0.123. The third-order valence-corrected chi connectivity index (χ3v) is 4.83. The number of hydrazone groups is 1. The summed E-state index contributed by atoms with van der Waals surface area (Å²) in [6.07, 6.45) is 1.34. The van der Waals surface area contributed by atoms with Crippen molar-refractivity contribution in [2.45, 2.75) is 6.04 Å². The van der Waals surface area contributed by atoms with Crippen molar-refractivity contribution in [2.24, 2.45) is 5.10 Å². The molecule has 1 aromatic heterocycles. The smallest absolute Gasteiger partial charge is 0.272 e. The van der Waals surface area contributed by atoms with Crippen molar-refractivity contribution in [3.8, 4) is 0 Å². The van der Waals surface area contributed by atoms with Crippen molar-refractivity contribution < 1.29 is 14.0 Å². The van der Waals surface area contributed by atoms with Gasteiger partial charge in [-0.05, 0) is 35.9 Å². The van der Waals surface area contributed by atoms with E-state index in [-0.39, 0.29) is 5.69 Å². The van der Waals surface area contributed by atoms with Gasteiger partial charge < -0.3 is 5.32 Å². The van der Waals surface area contributed by atoms with Gasteiger partial charge in [-0.3, -0.25) is 14.4 Å². The first kappa shape index (κ1) is 21.6. The summed E-state index contributed by atoms with van der Waals surface area (Å²) in [5.74, 6) is -1.58. The maximum absolute atomic E-state index is 13.1. The van der Waals surface area contributed by atoms with Crippen LogP contribution in [0.25, 0.3) is 10.8 Å². The van der Waals surface area contributed by atoms with Crippen LogP contribution in [0.4, 0.5) is 4.39 Å². The number of amides is 2. The normalized spacial score (nSPS) is 11.9. The van der Waals surface area contributed by atoms with Crippen LogP contribution in [0.5, 0.6) is 0 Å². The lowest BCUT2D eigenvalue weighted by Gasteiger charge is -2.18. The van der Waals surface area contributed by atoms with Crippen LogP contribution >= 0.6 is 0 Å². The molecule has 0 saturated carbocycles. The van der Waals surface area contributed by atoms with E-state index in [2.05, 4.69) is 26.0 Å². The molecule has 0 aliphatic carbocycles. The van der Waals surface area contributed by atoms with Crippen molar-refractivity contribution in [3.63, 3.8) is 0 Å². The van der Waals surface area contributed by atoms with Crippen molar-refractivity contribution in [1.29, 1.82) is 0 Å². The Balaban J connectivity index is 1.66. The number of carbonyl (C=O) groups excluding carboxylic acids is 2. The summed E-state index contributed by atoms with van der Waals surface area (Å²) in [5, 5.41) is 13.7. The highest BCUT2D eigenvalue weighted by atomic mass is 19.1. The number of aromatic nitrogens is 2. The van der Waals surface area contributed by atoms with Crippen molar-refractivity contribution >= 4 is 28.8 Å². The van der Waals surface area contributed by atoms with Gasteiger partial charge >= 0.3 is 0 Å². The van der Waals surface area contributed by atoms with E-state index in [0.717, 1.165) is 0 Å². The number of halogens is 1. The average molecular weight is 443 g/mol. The number of carbonyl (C=O) groups is 2. The molecule has 0 aliphatic heterocycles. The molecule has 8 nitrogen and oxygen atoms in total. The number of hydrogen-bond acceptors (Lipinski definition) is 5. The van der Waals surface area contributed by atoms with Gasteiger partial charge in [0.25, 0.3) is 17.4 Å². The summed E-state index contributed by atoms with van der Waals surface area (Å²) < 4.78 is 13.1. The number of nitrogens with zero attached hydrogens (tertiary/aromatic N) is 2. The second kappa shape index (κ2) is 9.65. The number of hydrogen-bond donors (Lipinski definition) is 3. The molecular weight excluding hydrogens is 425 g/mol. The fourth-order valence-electron chi connectivity index (χ4n) is 3.20. The van der Waals surface area contributed by atoms with Crippen LogP contribution in [0.2, 0.25) is 0 Å². The lowest BCUT2D eigenvalue weighted by Crippen LogP contribution is -2.40. The van der Waals surface area contributed by atoms with Crippen LogP contribution in [0.3, 0.4) is 0 Å². The molecule has 33 heavy (non-hydrogen) atoms. The predicted octanol–water partition coefficient (Wildman–Crippen LogP) is 2.68. The van der Waals surface area contributed by atoms with Crippen LogP contribution in [-0.2, 0) is 4.79 Å². The minimum Gasteiger partial charge on any atom is -0.335 e. The second-order valence-electron chi connectivity index (χ2n) is 7.04. The monoisotopic (exact) mass is 443 g/mol. The van der Waals surface area contributed by atoms with E-state index < -0.39 is 29.2 Å². The highest BCUT2D eigenvalue weighted by Gasteiger charge is 2.27. The van der Waals surface area contributed by atoms with Gasteiger partial charge in [-0.2, -0.15) is 10.2 Å². The van der Waals surface area contributed by atoms with Crippen molar-refractivity contribution in [1.82, 2.24) is 20.9 Å². The highest BCUT2D eigenvalue weighted by molar-refractivity contribution is 5.99. The standard InChI is InChI=1S/C24H18FN5O3/c25-17-12-10-15(11-13-17)14-26-29-24(33)21(27-22(31)16-6-2-1-3-7-16)20-18-8-4-5-9-19(18)23(32)30-28-20/h1-14,21H,(H,27,31)(H,29,33)(H,30,32)/b26-14+/t21-/m1/s1. The number of rotatable bonds is 6. The number of nitrogens with one attached hydrogen (secondary N) is 3. The molecule has 0 fully saturated rings. The molecule has 0 saturated heterocycles. The molecule has 1 heterocycles. The Kier molecular flexibility index (Phi) is 6.31. The fraction of sp³-hybridized carbons (Fsp3) is 0.0417. The molecule has 4 rings (SSSR count).